The zero-order valence-electron chi connectivity index (χ0n) is 9.44. The normalized spacial score (nSPS) is 26.8. The highest BCUT2D eigenvalue weighted by atomic mass is 35.5. The van der Waals surface area contributed by atoms with Crippen LogP contribution in [0.5, 0.6) is 0 Å². The second kappa shape index (κ2) is 3.86. The van der Waals surface area contributed by atoms with Gasteiger partial charge in [0.2, 0.25) is 0 Å². The van der Waals surface area contributed by atoms with Crippen molar-refractivity contribution < 1.29 is 0 Å². The van der Waals surface area contributed by atoms with Crippen molar-refractivity contribution in [1.82, 2.24) is 0 Å². The van der Waals surface area contributed by atoms with Crippen molar-refractivity contribution in [3.8, 4) is 0 Å². The number of hydrogen-bond donors (Lipinski definition) is 1. The van der Waals surface area contributed by atoms with Crippen LogP contribution in [0.3, 0.4) is 0 Å². The summed E-state index contributed by atoms with van der Waals surface area (Å²) in [6, 6.07) is 18.3. The van der Waals surface area contributed by atoms with Gasteiger partial charge in [-0.3, -0.25) is 0 Å². The summed E-state index contributed by atoms with van der Waals surface area (Å²) in [4.78, 5) is 0. The van der Waals surface area contributed by atoms with Crippen molar-refractivity contribution in [3.63, 3.8) is 0 Å². The quantitative estimate of drug-likeness (QED) is 0.856. The Morgan fingerprint density at radius 3 is 2.29 bits per heavy atom. The molecule has 1 saturated carbocycles. The van der Waals surface area contributed by atoms with Crippen molar-refractivity contribution in [1.29, 1.82) is 0 Å². The molecule has 1 nitrogen and oxygen atoms in total. The number of hydrogen-bond acceptors (Lipinski definition) is 1. The summed E-state index contributed by atoms with van der Waals surface area (Å²) >= 11 is 5.89. The van der Waals surface area contributed by atoms with E-state index in [0.29, 0.717) is 5.92 Å². The Morgan fingerprint density at radius 2 is 1.65 bits per heavy atom. The van der Waals surface area contributed by atoms with E-state index in [0.717, 1.165) is 11.4 Å². The zero-order valence-corrected chi connectivity index (χ0v) is 10.2. The molecule has 2 N–H and O–H groups in total. The van der Waals surface area contributed by atoms with Crippen LogP contribution in [-0.2, 0) is 5.54 Å². The van der Waals surface area contributed by atoms with Gasteiger partial charge in [0.05, 0.1) is 0 Å². The van der Waals surface area contributed by atoms with Gasteiger partial charge in [0.25, 0.3) is 0 Å². The number of nitrogens with two attached hydrogens (primary N) is 1. The highest BCUT2D eigenvalue weighted by Crippen LogP contribution is 2.56. The van der Waals surface area contributed by atoms with Crippen LogP contribution in [0.25, 0.3) is 0 Å². The van der Waals surface area contributed by atoms with Crippen LogP contribution in [-0.4, -0.2) is 0 Å². The van der Waals surface area contributed by atoms with Gasteiger partial charge in [-0.1, -0.05) is 54.1 Å². The Labute approximate surface area is 106 Å². The molecule has 17 heavy (non-hydrogen) atoms. The molecule has 0 aromatic heterocycles. The minimum Gasteiger partial charge on any atom is -0.321 e. The number of benzene rings is 2. The van der Waals surface area contributed by atoms with Crippen molar-refractivity contribution in [2.24, 2.45) is 5.73 Å². The molecule has 0 heterocycles. The molecule has 2 aromatic rings. The van der Waals surface area contributed by atoms with Gasteiger partial charge in [0.15, 0.2) is 0 Å². The minimum atomic E-state index is -0.185. The summed E-state index contributed by atoms with van der Waals surface area (Å²) in [5.41, 5.74) is 8.76. The number of halogens is 1. The third-order valence-electron chi connectivity index (χ3n) is 3.59. The first kappa shape index (κ1) is 10.8. The van der Waals surface area contributed by atoms with Gasteiger partial charge in [0, 0.05) is 16.5 Å². The van der Waals surface area contributed by atoms with Crippen LogP contribution in [0.4, 0.5) is 0 Å². The fourth-order valence-corrected chi connectivity index (χ4v) is 2.58. The molecule has 2 atom stereocenters. The maximum absolute atomic E-state index is 6.45. The highest BCUT2D eigenvalue weighted by Gasteiger charge is 2.52. The van der Waals surface area contributed by atoms with Gasteiger partial charge < -0.3 is 5.73 Å². The van der Waals surface area contributed by atoms with Gasteiger partial charge in [-0.2, -0.15) is 0 Å². The third-order valence-corrected chi connectivity index (χ3v) is 3.84. The minimum absolute atomic E-state index is 0.185. The molecule has 0 radical (unpaired) electrons. The summed E-state index contributed by atoms with van der Waals surface area (Å²) in [5.74, 6) is 0.419. The lowest BCUT2D eigenvalue weighted by Gasteiger charge is -2.12. The van der Waals surface area contributed by atoms with E-state index >= 15 is 0 Å². The van der Waals surface area contributed by atoms with Gasteiger partial charge in [0.1, 0.15) is 0 Å². The average molecular weight is 244 g/mol. The lowest BCUT2D eigenvalue weighted by molar-refractivity contribution is 0.706. The lowest BCUT2D eigenvalue weighted by atomic mass is 10.00. The standard InChI is InChI=1S/C15H14ClN/c16-13-8-6-11(7-9-13)14-10-15(14,17)12-4-2-1-3-5-12/h1-9,14H,10,17H2/t14-,15+/m1/s1. The Balaban J connectivity index is 1.88. The Bertz CT molecular complexity index is 520. The van der Waals surface area contributed by atoms with Crippen molar-refractivity contribution >= 4 is 11.6 Å². The van der Waals surface area contributed by atoms with E-state index in [1.54, 1.807) is 0 Å². The van der Waals surface area contributed by atoms with Crippen LogP contribution in [0.2, 0.25) is 5.02 Å². The summed E-state index contributed by atoms with van der Waals surface area (Å²) in [5, 5.41) is 0.775. The molecular formula is C15H14ClN. The number of rotatable bonds is 2. The first-order chi connectivity index (χ1) is 8.20. The van der Waals surface area contributed by atoms with Crippen LogP contribution < -0.4 is 5.73 Å². The SMILES string of the molecule is N[C@]1(c2ccccc2)C[C@@H]1c1ccc(Cl)cc1. The first-order valence-electron chi connectivity index (χ1n) is 5.80. The molecule has 0 bridgehead atoms. The smallest absolute Gasteiger partial charge is 0.0486 e. The predicted octanol–water partition coefficient (Wildman–Crippen LogP) is 3.68. The molecule has 1 aliphatic rings. The van der Waals surface area contributed by atoms with E-state index in [9.17, 15) is 0 Å². The van der Waals surface area contributed by atoms with Crippen LogP contribution in [0, 0.1) is 0 Å². The van der Waals surface area contributed by atoms with Crippen molar-refractivity contribution in [3.05, 3.63) is 70.7 Å². The Morgan fingerprint density at radius 1 is 1.00 bits per heavy atom. The fourth-order valence-electron chi connectivity index (χ4n) is 2.46. The van der Waals surface area contributed by atoms with E-state index in [1.165, 1.54) is 11.1 Å². The summed E-state index contributed by atoms with van der Waals surface area (Å²) in [6.07, 6.45) is 1.01. The molecule has 2 aromatic carbocycles. The Kier molecular flexibility index (Phi) is 2.46. The average Bonchev–Trinajstić information content (AvgIpc) is 3.05. The van der Waals surface area contributed by atoms with Gasteiger partial charge in [-0.15, -0.1) is 0 Å². The van der Waals surface area contributed by atoms with E-state index in [1.807, 2.05) is 30.3 Å². The third kappa shape index (κ3) is 1.86. The van der Waals surface area contributed by atoms with Crippen molar-refractivity contribution in [2.75, 3.05) is 0 Å². The lowest BCUT2D eigenvalue weighted by Crippen LogP contribution is -2.21. The molecule has 0 aliphatic heterocycles. The first-order valence-corrected chi connectivity index (χ1v) is 6.18. The highest BCUT2D eigenvalue weighted by molar-refractivity contribution is 6.30. The summed E-state index contributed by atoms with van der Waals surface area (Å²) in [6.45, 7) is 0. The molecule has 0 saturated heterocycles. The molecule has 0 amide bonds. The molecule has 2 heteroatoms. The molecule has 1 fully saturated rings. The Hall–Kier alpha value is -1.31. The van der Waals surface area contributed by atoms with Crippen LogP contribution >= 0.6 is 11.6 Å². The van der Waals surface area contributed by atoms with Gasteiger partial charge in [-0.25, -0.2) is 0 Å². The zero-order chi connectivity index (χ0) is 11.9. The van der Waals surface area contributed by atoms with Crippen LogP contribution in [0.15, 0.2) is 54.6 Å². The molecule has 0 unspecified atom stereocenters. The van der Waals surface area contributed by atoms with E-state index < -0.39 is 0 Å². The maximum Gasteiger partial charge on any atom is 0.0486 e. The molecule has 3 rings (SSSR count). The van der Waals surface area contributed by atoms with E-state index in [-0.39, 0.29) is 5.54 Å². The van der Waals surface area contributed by atoms with Gasteiger partial charge >= 0.3 is 0 Å². The largest absolute Gasteiger partial charge is 0.321 e. The second-order valence-corrected chi connectivity index (χ2v) is 5.15. The summed E-state index contributed by atoms with van der Waals surface area (Å²) in [7, 11) is 0. The molecule has 86 valence electrons. The fraction of sp³-hybridized carbons (Fsp3) is 0.200. The van der Waals surface area contributed by atoms with E-state index in [2.05, 4.69) is 24.3 Å². The van der Waals surface area contributed by atoms with Crippen LogP contribution in [0.1, 0.15) is 23.5 Å². The monoisotopic (exact) mass is 243 g/mol. The predicted molar refractivity (Wildman–Crippen MR) is 71.1 cm³/mol. The maximum atomic E-state index is 6.45. The topological polar surface area (TPSA) is 26.0 Å². The van der Waals surface area contributed by atoms with E-state index in [4.69, 9.17) is 17.3 Å². The molecular weight excluding hydrogens is 230 g/mol. The molecule has 0 spiro atoms. The van der Waals surface area contributed by atoms with Crippen molar-refractivity contribution in [2.45, 2.75) is 17.9 Å². The molecule has 1 aliphatic carbocycles. The summed E-state index contributed by atoms with van der Waals surface area (Å²) < 4.78 is 0. The second-order valence-electron chi connectivity index (χ2n) is 4.71. The van der Waals surface area contributed by atoms with Gasteiger partial charge in [-0.05, 0) is 29.7 Å².